The molecular formula is C11H23NO. The summed E-state index contributed by atoms with van der Waals surface area (Å²) in [5, 5.41) is 0. The van der Waals surface area contributed by atoms with Crippen LogP contribution in [0.25, 0.3) is 0 Å². The lowest BCUT2D eigenvalue weighted by Gasteiger charge is -2.26. The van der Waals surface area contributed by atoms with Crippen LogP contribution in [0, 0.1) is 11.3 Å². The van der Waals surface area contributed by atoms with Crippen molar-refractivity contribution in [2.75, 3.05) is 20.1 Å². The number of likely N-dealkylation sites (N-methyl/N-ethyl adjacent to an activating group) is 1. The number of carbonyl (C=O) groups excluding carboxylic acids is 1. The number of hydrogen-bond donors (Lipinski definition) is 0. The molecule has 0 aliphatic rings. The van der Waals surface area contributed by atoms with Crippen LogP contribution in [0.3, 0.4) is 0 Å². The van der Waals surface area contributed by atoms with Crippen LogP contribution in [0.2, 0.25) is 0 Å². The van der Waals surface area contributed by atoms with Crippen molar-refractivity contribution in [2.45, 2.75) is 34.6 Å². The van der Waals surface area contributed by atoms with Crippen molar-refractivity contribution >= 4 is 5.78 Å². The summed E-state index contributed by atoms with van der Waals surface area (Å²) in [5.74, 6) is 0.481. The fourth-order valence-corrected chi connectivity index (χ4v) is 1.31. The number of hydrogen-bond acceptors (Lipinski definition) is 2. The molecule has 0 aliphatic carbocycles. The molecule has 2 nitrogen and oxygen atoms in total. The Morgan fingerprint density at radius 3 is 2.08 bits per heavy atom. The highest BCUT2D eigenvalue weighted by Crippen LogP contribution is 2.14. The number of ketones is 1. The summed E-state index contributed by atoms with van der Waals surface area (Å²) in [6.07, 6.45) is 0. The summed E-state index contributed by atoms with van der Waals surface area (Å²) in [6.45, 7) is 12.0. The minimum absolute atomic E-state index is 0.155. The molecule has 0 saturated carbocycles. The summed E-state index contributed by atoms with van der Waals surface area (Å²) >= 11 is 0. The minimum atomic E-state index is 0.155. The second-order valence-corrected chi connectivity index (χ2v) is 5.35. The first-order valence-electron chi connectivity index (χ1n) is 4.93. The zero-order chi connectivity index (χ0) is 10.6. The highest BCUT2D eigenvalue weighted by Gasteiger charge is 2.16. The maximum Gasteiger partial charge on any atom is 0.149 e. The van der Waals surface area contributed by atoms with E-state index in [9.17, 15) is 4.79 Å². The molecule has 0 saturated heterocycles. The van der Waals surface area contributed by atoms with E-state index in [2.05, 4.69) is 25.7 Å². The third-order valence-electron chi connectivity index (χ3n) is 1.81. The minimum Gasteiger partial charge on any atom is -0.299 e. The van der Waals surface area contributed by atoms with Gasteiger partial charge in [0.15, 0.2) is 0 Å². The van der Waals surface area contributed by atoms with E-state index >= 15 is 0 Å². The van der Waals surface area contributed by atoms with Crippen LogP contribution in [0.1, 0.15) is 34.6 Å². The lowest BCUT2D eigenvalue weighted by atomic mass is 9.96. The van der Waals surface area contributed by atoms with E-state index in [1.807, 2.05) is 20.9 Å². The summed E-state index contributed by atoms with van der Waals surface area (Å²) in [6, 6.07) is 0. The van der Waals surface area contributed by atoms with E-state index in [4.69, 9.17) is 0 Å². The Balaban J connectivity index is 3.88. The smallest absolute Gasteiger partial charge is 0.149 e. The molecule has 0 bridgehead atoms. The molecule has 0 aromatic carbocycles. The normalized spacial score (nSPS) is 12.6. The standard InChI is InChI=1S/C11H23NO/c1-9(2)10(13)7-12(6)8-11(3,4)5/h9H,7-8H2,1-6H3. The number of nitrogens with zero attached hydrogens (tertiary/aromatic N) is 1. The SMILES string of the molecule is CC(C)C(=O)CN(C)CC(C)(C)C. The van der Waals surface area contributed by atoms with Gasteiger partial charge in [-0.2, -0.15) is 0 Å². The van der Waals surface area contributed by atoms with Crippen molar-refractivity contribution in [3.05, 3.63) is 0 Å². The summed E-state index contributed by atoms with van der Waals surface area (Å²) < 4.78 is 0. The van der Waals surface area contributed by atoms with Gasteiger partial charge in [0.1, 0.15) is 5.78 Å². The van der Waals surface area contributed by atoms with Crippen LogP contribution in [0.15, 0.2) is 0 Å². The van der Waals surface area contributed by atoms with Crippen molar-refractivity contribution in [2.24, 2.45) is 11.3 Å². The molecule has 0 fully saturated rings. The molecule has 0 aliphatic heterocycles. The highest BCUT2D eigenvalue weighted by molar-refractivity contribution is 5.82. The topological polar surface area (TPSA) is 20.3 Å². The van der Waals surface area contributed by atoms with Gasteiger partial charge in [-0.05, 0) is 12.5 Å². The first-order valence-corrected chi connectivity index (χ1v) is 4.93. The van der Waals surface area contributed by atoms with Crippen molar-refractivity contribution in [1.29, 1.82) is 0 Å². The molecule has 0 atom stereocenters. The Labute approximate surface area is 82.3 Å². The monoisotopic (exact) mass is 185 g/mol. The van der Waals surface area contributed by atoms with Gasteiger partial charge in [-0.1, -0.05) is 34.6 Å². The number of Topliss-reactive ketones (excluding diaryl/α,β-unsaturated/α-hetero) is 1. The van der Waals surface area contributed by atoms with Gasteiger partial charge in [0, 0.05) is 12.5 Å². The van der Waals surface area contributed by atoms with Crippen LogP contribution in [-0.4, -0.2) is 30.8 Å². The predicted octanol–water partition coefficient (Wildman–Crippen LogP) is 2.19. The molecule has 0 rings (SSSR count). The summed E-state index contributed by atoms with van der Waals surface area (Å²) in [5.41, 5.74) is 0.270. The predicted molar refractivity (Wildman–Crippen MR) is 56.8 cm³/mol. The second kappa shape index (κ2) is 4.75. The van der Waals surface area contributed by atoms with Crippen LogP contribution < -0.4 is 0 Å². The Morgan fingerprint density at radius 2 is 1.77 bits per heavy atom. The molecule has 0 spiro atoms. The zero-order valence-electron chi connectivity index (χ0n) is 9.85. The maximum absolute atomic E-state index is 11.4. The third-order valence-corrected chi connectivity index (χ3v) is 1.81. The fraction of sp³-hybridized carbons (Fsp3) is 0.909. The average Bonchev–Trinajstić information content (AvgIpc) is 1.81. The molecule has 0 N–H and O–H groups in total. The Bertz CT molecular complexity index is 167. The molecular weight excluding hydrogens is 162 g/mol. The van der Waals surface area contributed by atoms with Crippen molar-refractivity contribution in [3.63, 3.8) is 0 Å². The largest absolute Gasteiger partial charge is 0.299 e. The fourth-order valence-electron chi connectivity index (χ4n) is 1.31. The van der Waals surface area contributed by atoms with Crippen molar-refractivity contribution < 1.29 is 4.79 Å². The lowest BCUT2D eigenvalue weighted by molar-refractivity contribution is -0.122. The third kappa shape index (κ3) is 6.76. The van der Waals surface area contributed by atoms with Crippen molar-refractivity contribution in [1.82, 2.24) is 4.90 Å². The quantitative estimate of drug-likeness (QED) is 0.669. The first kappa shape index (κ1) is 12.6. The summed E-state index contributed by atoms with van der Waals surface area (Å²) in [7, 11) is 2.01. The zero-order valence-corrected chi connectivity index (χ0v) is 9.85. The summed E-state index contributed by atoms with van der Waals surface area (Å²) in [4.78, 5) is 13.5. The van der Waals surface area contributed by atoms with Crippen LogP contribution in [0.4, 0.5) is 0 Å². The van der Waals surface area contributed by atoms with E-state index in [0.717, 1.165) is 6.54 Å². The Hall–Kier alpha value is -0.370. The Kier molecular flexibility index (Phi) is 4.62. The second-order valence-electron chi connectivity index (χ2n) is 5.35. The maximum atomic E-state index is 11.4. The van der Waals surface area contributed by atoms with Gasteiger partial charge in [-0.3, -0.25) is 9.69 Å². The number of carbonyl (C=O) groups is 1. The van der Waals surface area contributed by atoms with Crippen LogP contribution >= 0.6 is 0 Å². The molecule has 0 amide bonds. The van der Waals surface area contributed by atoms with Gasteiger partial charge in [-0.25, -0.2) is 0 Å². The lowest BCUT2D eigenvalue weighted by Crippen LogP contribution is -2.34. The molecule has 13 heavy (non-hydrogen) atoms. The van der Waals surface area contributed by atoms with Crippen molar-refractivity contribution in [3.8, 4) is 0 Å². The average molecular weight is 185 g/mol. The van der Waals surface area contributed by atoms with Gasteiger partial charge in [-0.15, -0.1) is 0 Å². The van der Waals surface area contributed by atoms with E-state index in [1.165, 1.54) is 0 Å². The molecule has 0 radical (unpaired) electrons. The van der Waals surface area contributed by atoms with Gasteiger partial charge in [0.2, 0.25) is 0 Å². The molecule has 78 valence electrons. The van der Waals surface area contributed by atoms with Crippen LogP contribution in [-0.2, 0) is 4.79 Å². The number of rotatable bonds is 4. The van der Waals surface area contributed by atoms with E-state index in [1.54, 1.807) is 0 Å². The molecule has 0 heterocycles. The Morgan fingerprint density at radius 1 is 1.31 bits per heavy atom. The van der Waals surface area contributed by atoms with Crippen LogP contribution in [0.5, 0.6) is 0 Å². The molecule has 0 aromatic heterocycles. The highest BCUT2D eigenvalue weighted by atomic mass is 16.1. The van der Waals surface area contributed by atoms with Gasteiger partial charge in [0.25, 0.3) is 0 Å². The molecule has 2 heteroatoms. The van der Waals surface area contributed by atoms with E-state index < -0.39 is 0 Å². The van der Waals surface area contributed by atoms with Gasteiger partial charge < -0.3 is 0 Å². The van der Waals surface area contributed by atoms with E-state index in [-0.39, 0.29) is 11.3 Å². The van der Waals surface area contributed by atoms with Gasteiger partial charge in [0.05, 0.1) is 6.54 Å². The van der Waals surface area contributed by atoms with Gasteiger partial charge >= 0.3 is 0 Å². The first-order chi connectivity index (χ1) is 5.72. The van der Waals surface area contributed by atoms with E-state index in [0.29, 0.717) is 12.3 Å². The molecule has 0 unspecified atom stereocenters. The molecule has 0 aromatic rings.